The van der Waals surface area contributed by atoms with E-state index < -0.39 is 5.97 Å². The molecule has 0 aliphatic heterocycles. The van der Waals surface area contributed by atoms with Crippen LogP contribution in [0.3, 0.4) is 0 Å². The first kappa shape index (κ1) is 26.7. The summed E-state index contributed by atoms with van der Waals surface area (Å²) in [6.07, 6.45) is 5.85. The van der Waals surface area contributed by atoms with Crippen LogP contribution in [0.4, 0.5) is 0 Å². The number of nitrogens with zero attached hydrogens (tertiary/aromatic N) is 3. The van der Waals surface area contributed by atoms with Gasteiger partial charge in [0.2, 0.25) is 5.88 Å². The topological polar surface area (TPSA) is 86.5 Å². The summed E-state index contributed by atoms with van der Waals surface area (Å²) in [5.41, 5.74) is 6.28. The van der Waals surface area contributed by atoms with Crippen LogP contribution in [0.5, 0.6) is 11.6 Å². The van der Waals surface area contributed by atoms with Gasteiger partial charge in [0.1, 0.15) is 5.75 Å². The predicted molar refractivity (Wildman–Crippen MR) is 144 cm³/mol. The van der Waals surface area contributed by atoms with Crippen LogP contribution < -0.4 is 9.47 Å². The summed E-state index contributed by atoms with van der Waals surface area (Å²) in [6.45, 7) is 6.89. The summed E-state index contributed by atoms with van der Waals surface area (Å²) >= 11 is 0. The fourth-order valence-electron chi connectivity index (χ4n) is 5.22. The van der Waals surface area contributed by atoms with E-state index in [1.165, 1.54) is 24.1 Å². The van der Waals surface area contributed by atoms with E-state index in [2.05, 4.69) is 38.0 Å². The largest absolute Gasteiger partial charge is 0.496 e. The Bertz CT molecular complexity index is 1240. The molecule has 3 aromatic rings. The smallest absolute Gasteiger partial charge is 0.303 e. The van der Waals surface area contributed by atoms with Crippen LogP contribution in [-0.4, -0.2) is 39.6 Å². The number of carboxylic acids is 1. The highest BCUT2D eigenvalue weighted by molar-refractivity contribution is 5.68. The van der Waals surface area contributed by atoms with E-state index in [1.54, 1.807) is 11.8 Å². The molecule has 198 valence electrons. The monoisotopic (exact) mass is 505 g/mol. The fourth-order valence-corrected chi connectivity index (χ4v) is 5.22. The Labute approximate surface area is 219 Å². The second-order valence-corrected chi connectivity index (χ2v) is 11.0. The lowest BCUT2D eigenvalue weighted by Gasteiger charge is -2.26. The number of aliphatic carboxylic acids is 1. The molecule has 1 aliphatic rings. The Morgan fingerprint density at radius 2 is 1.92 bits per heavy atom. The second kappa shape index (κ2) is 11.4. The van der Waals surface area contributed by atoms with Gasteiger partial charge in [-0.3, -0.25) is 9.78 Å². The fraction of sp³-hybridized carbons (Fsp3) is 0.500. The number of aryl methyl sites for hydroxylation is 3. The molecule has 1 aromatic carbocycles. The maximum atomic E-state index is 11.8. The number of hydrogen-bond acceptors (Lipinski definition) is 5. The zero-order valence-corrected chi connectivity index (χ0v) is 22.7. The number of ether oxygens (including phenoxy) is 2. The summed E-state index contributed by atoms with van der Waals surface area (Å²) in [4.78, 5) is 16.6. The van der Waals surface area contributed by atoms with Crippen molar-refractivity contribution in [2.45, 2.75) is 77.0 Å². The third-order valence-electron chi connectivity index (χ3n) is 7.11. The van der Waals surface area contributed by atoms with Gasteiger partial charge in [0.25, 0.3) is 0 Å². The molecule has 0 radical (unpaired) electrons. The van der Waals surface area contributed by atoms with Gasteiger partial charge in [-0.15, -0.1) is 0 Å². The molecule has 1 atom stereocenters. The third-order valence-corrected chi connectivity index (χ3v) is 7.11. The number of fused-ring (bicyclic) bond motifs is 1. The average Bonchev–Trinajstić information content (AvgIpc) is 3.20. The first-order chi connectivity index (χ1) is 17.7. The molecule has 0 amide bonds. The molecule has 0 saturated carbocycles. The van der Waals surface area contributed by atoms with Gasteiger partial charge in [-0.25, -0.2) is 4.68 Å². The number of carboxylic acid groups (broad SMARTS) is 1. The molecule has 0 fully saturated rings. The summed E-state index contributed by atoms with van der Waals surface area (Å²) in [6, 6.07) is 12.2. The molecule has 2 aromatic heterocycles. The summed E-state index contributed by atoms with van der Waals surface area (Å²) in [5.74, 6) is 0.291. The summed E-state index contributed by atoms with van der Waals surface area (Å²) < 4.78 is 13.6. The van der Waals surface area contributed by atoms with Crippen LogP contribution in [0.2, 0.25) is 0 Å². The van der Waals surface area contributed by atoms with Gasteiger partial charge in [-0.2, -0.15) is 5.10 Å². The normalized spacial score (nSPS) is 14.2. The van der Waals surface area contributed by atoms with Crippen LogP contribution in [0.25, 0.3) is 0 Å². The number of methoxy groups -OCH3 is 1. The van der Waals surface area contributed by atoms with E-state index in [0.29, 0.717) is 18.9 Å². The van der Waals surface area contributed by atoms with Crippen molar-refractivity contribution in [2.75, 3.05) is 13.7 Å². The van der Waals surface area contributed by atoms with E-state index in [1.807, 2.05) is 31.3 Å². The molecule has 0 saturated heterocycles. The van der Waals surface area contributed by atoms with Gasteiger partial charge >= 0.3 is 5.97 Å². The molecule has 4 rings (SSSR count). The van der Waals surface area contributed by atoms with Crippen LogP contribution in [0.15, 0.2) is 36.4 Å². The number of aromatic nitrogens is 3. The predicted octanol–water partition coefficient (Wildman–Crippen LogP) is 5.42. The van der Waals surface area contributed by atoms with Crippen molar-refractivity contribution in [2.24, 2.45) is 7.05 Å². The molecular formula is C30H39N3O4. The van der Waals surface area contributed by atoms with Gasteiger partial charge in [0.15, 0.2) is 0 Å². The zero-order valence-electron chi connectivity index (χ0n) is 22.7. The number of carbonyl (C=O) groups is 1. The van der Waals surface area contributed by atoms with E-state index >= 15 is 0 Å². The van der Waals surface area contributed by atoms with Gasteiger partial charge < -0.3 is 14.6 Å². The molecule has 0 bridgehead atoms. The molecule has 7 heteroatoms. The SMILES string of the molecule is COc1c(C(CC(=O)O)Cc2cc(OCCc3ccc4c(n3)CCCC4)n(C)n2)cccc1C(C)(C)C. The van der Waals surface area contributed by atoms with Gasteiger partial charge in [0.05, 0.1) is 25.8 Å². The van der Waals surface area contributed by atoms with Crippen molar-refractivity contribution >= 4 is 5.97 Å². The third kappa shape index (κ3) is 6.51. The van der Waals surface area contributed by atoms with Crippen molar-refractivity contribution in [1.29, 1.82) is 0 Å². The van der Waals surface area contributed by atoms with E-state index in [4.69, 9.17) is 14.5 Å². The highest BCUT2D eigenvalue weighted by Crippen LogP contribution is 2.39. The van der Waals surface area contributed by atoms with E-state index in [0.717, 1.165) is 47.5 Å². The van der Waals surface area contributed by atoms with Crippen molar-refractivity contribution in [3.63, 3.8) is 0 Å². The molecule has 7 nitrogen and oxygen atoms in total. The van der Waals surface area contributed by atoms with Crippen molar-refractivity contribution in [3.05, 3.63) is 70.2 Å². The minimum absolute atomic E-state index is 0.0132. The molecule has 2 heterocycles. The number of benzene rings is 1. The Balaban J connectivity index is 1.47. The lowest BCUT2D eigenvalue weighted by molar-refractivity contribution is -0.137. The van der Waals surface area contributed by atoms with Crippen LogP contribution in [0, 0.1) is 0 Å². The van der Waals surface area contributed by atoms with Crippen LogP contribution >= 0.6 is 0 Å². The first-order valence-corrected chi connectivity index (χ1v) is 13.2. The minimum Gasteiger partial charge on any atom is -0.496 e. The molecule has 37 heavy (non-hydrogen) atoms. The van der Waals surface area contributed by atoms with Gasteiger partial charge in [0, 0.05) is 36.8 Å². The Morgan fingerprint density at radius 3 is 2.65 bits per heavy atom. The maximum Gasteiger partial charge on any atom is 0.303 e. The highest BCUT2D eigenvalue weighted by atomic mass is 16.5. The molecule has 1 aliphatic carbocycles. The van der Waals surface area contributed by atoms with Crippen molar-refractivity contribution in [1.82, 2.24) is 14.8 Å². The van der Waals surface area contributed by atoms with Gasteiger partial charge in [-0.1, -0.05) is 45.0 Å². The van der Waals surface area contributed by atoms with Crippen LogP contribution in [0.1, 0.15) is 79.7 Å². The van der Waals surface area contributed by atoms with Gasteiger partial charge in [-0.05, 0) is 60.3 Å². The molecular weight excluding hydrogens is 466 g/mol. The standard InChI is InChI=1S/C30H39N3O4/c1-30(2,3)25-11-8-10-24(29(25)36-5)21(18-28(34)35)17-23-19-27(33(4)32-23)37-16-15-22-14-13-20-9-6-7-12-26(20)31-22/h8,10-11,13-14,19,21H,6-7,9,12,15-18H2,1-5H3,(H,34,35). The summed E-state index contributed by atoms with van der Waals surface area (Å²) in [5, 5.41) is 14.3. The van der Waals surface area contributed by atoms with Crippen LogP contribution in [-0.2, 0) is 42.9 Å². The van der Waals surface area contributed by atoms with Crippen molar-refractivity contribution < 1.29 is 19.4 Å². The lowest BCUT2D eigenvalue weighted by atomic mass is 9.81. The Morgan fingerprint density at radius 1 is 1.14 bits per heavy atom. The highest BCUT2D eigenvalue weighted by Gasteiger charge is 2.27. The van der Waals surface area contributed by atoms with E-state index in [9.17, 15) is 9.90 Å². The molecule has 1 N–H and O–H groups in total. The number of hydrogen-bond donors (Lipinski definition) is 1. The number of rotatable bonds is 10. The zero-order chi connectivity index (χ0) is 26.6. The first-order valence-electron chi connectivity index (χ1n) is 13.2. The molecule has 0 spiro atoms. The Kier molecular flexibility index (Phi) is 8.20. The number of pyridine rings is 1. The Hall–Kier alpha value is -3.35. The minimum atomic E-state index is -0.849. The summed E-state index contributed by atoms with van der Waals surface area (Å²) in [7, 11) is 3.50. The van der Waals surface area contributed by atoms with E-state index in [-0.39, 0.29) is 17.8 Å². The molecule has 1 unspecified atom stereocenters. The lowest BCUT2D eigenvalue weighted by Crippen LogP contribution is -2.16. The maximum absolute atomic E-state index is 11.8. The van der Waals surface area contributed by atoms with Crippen molar-refractivity contribution in [3.8, 4) is 11.6 Å². The quantitative estimate of drug-likeness (QED) is 0.396. The second-order valence-electron chi connectivity index (χ2n) is 11.0. The number of para-hydroxylation sites is 1. The average molecular weight is 506 g/mol.